The Hall–Kier alpha value is -2.49. The lowest BCUT2D eigenvalue weighted by Crippen LogP contribution is -2.14. The first-order valence-corrected chi connectivity index (χ1v) is 6.61. The number of amides is 1. The van der Waals surface area contributed by atoms with Crippen LogP contribution in [0.4, 0.5) is 11.4 Å². The zero-order chi connectivity index (χ0) is 13.9. The summed E-state index contributed by atoms with van der Waals surface area (Å²) in [6, 6.07) is 13.1. The smallest absolute Gasteiger partial charge is 0.228 e. The number of rotatable bonds is 3. The number of nitrogen functional groups attached to an aromatic ring is 1. The van der Waals surface area contributed by atoms with E-state index in [1.807, 2.05) is 42.5 Å². The highest BCUT2D eigenvalue weighted by Crippen LogP contribution is 2.27. The van der Waals surface area contributed by atoms with Gasteiger partial charge in [0.25, 0.3) is 0 Å². The molecule has 0 unspecified atom stereocenters. The Labute approximate surface area is 117 Å². The lowest BCUT2D eigenvalue weighted by atomic mass is 10.1. The Morgan fingerprint density at radius 3 is 3.00 bits per heavy atom. The maximum Gasteiger partial charge on any atom is 0.228 e. The van der Waals surface area contributed by atoms with Gasteiger partial charge in [-0.05, 0) is 41.5 Å². The molecule has 0 radical (unpaired) electrons. The van der Waals surface area contributed by atoms with E-state index in [4.69, 9.17) is 10.5 Å². The Morgan fingerprint density at radius 1 is 1.25 bits per heavy atom. The molecule has 0 saturated carbocycles. The molecule has 3 rings (SSSR count). The SMILES string of the molecule is Nc1cccc(CC(=O)Nc2ccc3c(c2)CCO3)c1. The van der Waals surface area contributed by atoms with Crippen molar-refractivity contribution in [3.8, 4) is 5.75 Å². The van der Waals surface area contributed by atoms with Crippen LogP contribution >= 0.6 is 0 Å². The molecule has 0 saturated heterocycles. The third-order valence-electron chi connectivity index (χ3n) is 3.29. The van der Waals surface area contributed by atoms with Crippen molar-refractivity contribution in [2.24, 2.45) is 0 Å². The Kier molecular flexibility index (Phi) is 3.29. The number of ether oxygens (including phenoxy) is 1. The molecular formula is C16H16N2O2. The molecule has 4 heteroatoms. The fraction of sp³-hybridized carbons (Fsp3) is 0.188. The number of hydrogen-bond donors (Lipinski definition) is 2. The summed E-state index contributed by atoms with van der Waals surface area (Å²) >= 11 is 0. The van der Waals surface area contributed by atoms with E-state index >= 15 is 0 Å². The highest BCUT2D eigenvalue weighted by molar-refractivity contribution is 5.92. The minimum absolute atomic E-state index is 0.0468. The quantitative estimate of drug-likeness (QED) is 0.840. The first-order chi connectivity index (χ1) is 9.70. The second kappa shape index (κ2) is 5.25. The Bertz CT molecular complexity index is 653. The van der Waals surface area contributed by atoms with Crippen molar-refractivity contribution in [2.45, 2.75) is 12.8 Å². The predicted octanol–water partition coefficient (Wildman–Crippen LogP) is 2.38. The average Bonchev–Trinajstić information content (AvgIpc) is 2.86. The van der Waals surface area contributed by atoms with Gasteiger partial charge < -0.3 is 15.8 Å². The van der Waals surface area contributed by atoms with Crippen molar-refractivity contribution in [2.75, 3.05) is 17.7 Å². The molecule has 1 aliphatic heterocycles. The lowest BCUT2D eigenvalue weighted by molar-refractivity contribution is -0.115. The van der Waals surface area contributed by atoms with Crippen molar-refractivity contribution in [1.82, 2.24) is 0 Å². The zero-order valence-corrected chi connectivity index (χ0v) is 11.1. The van der Waals surface area contributed by atoms with Crippen LogP contribution < -0.4 is 15.8 Å². The summed E-state index contributed by atoms with van der Waals surface area (Å²) in [5.74, 6) is 0.869. The second-order valence-electron chi connectivity index (χ2n) is 4.89. The summed E-state index contributed by atoms with van der Waals surface area (Å²) in [7, 11) is 0. The summed E-state index contributed by atoms with van der Waals surface area (Å²) < 4.78 is 5.44. The highest BCUT2D eigenvalue weighted by atomic mass is 16.5. The number of carbonyl (C=O) groups excluding carboxylic acids is 1. The van der Waals surface area contributed by atoms with Crippen molar-refractivity contribution < 1.29 is 9.53 Å². The van der Waals surface area contributed by atoms with E-state index in [9.17, 15) is 4.79 Å². The number of fused-ring (bicyclic) bond motifs is 1. The predicted molar refractivity (Wildman–Crippen MR) is 78.8 cm³/mol. The normalized spacial score (nSPS) is 12.6. The van der Waals surface area contributed by atoms with Gasteiger partial charge in [-0.2, -0.15) is 0 Å². The van der Waals surface area contributed by atoms with Gasteiger partial charge in [0, 0.05) is 17.8 Å². The highest BCUT2D eigenvalue weighted by Gasteiger charge is 2.13. The molecule has 2 aromatic carbocycles. The molecule has 0 spiro atoms. The summed E-state index contributed by atoms with van der Waals surface area (Å²) in [5.41, 5.74) is 9.24. The van der Waals surface area contributed by atoms with Crippen LogP contribution in [0.1, 0.15) is 11.1 Å². The molecule has 0 aromatic heterocycles. The van der Waals surface area contributed by atoms with Gasteiger partial charge in [-0.15, -0.1) is 0 Å². The zero-order valence-electron chi connectivity index (χ0n) is 11.1. The van der Waals surface area contributed by atoms with Gasteiger partial charge in [-0.3, -0.25) is 4.79 Å². The molecule has 1 heterocycles. The molecule has 0 aliphatic carbocycles. The van der Waals surface area contributed by atoms with Gasteiger partial charge >= 0.3 is 0 Å². The summed E-state index contributed by atoms with van der Waals surface area (Å²) in [4.78, 5) is 12.0. The molecular weight excluding hydrogens is 252 g/mol. The van der Waals surface area contributed by atoms with Crippen molar-refractivity contribution >= 4 is 17.3 Å². The minimum Gasteiger partial charge on any atom is -0.493 e. The van der Waals surface area contributed by atoms with E-state index in [1.165, 1.54) is 0 Å². The second-order valence-corrected chi connectivity index (χ2v) is 4.89. The monoisotopic (exact) mass is 268 g/mol. The standard InChI is InChI=1S/C16H16N2O2/c17-13-3-1-2-11(8-13)9-16(19)18-14-4-5-15-12(10-14)6-7-20-15/h1-5,8,10H,6-7,9,17H2,(H,18,19). The average molecular weight is 268 g/mol. The van der Waals surface area contributed by atoms with Gasteiger partial charge in [0.1, 0.15) is 5.75 Å². The Morgan fingerprint density at radius 2 is 2.15 bits per heavy atom. The van der Waals surface area contributed by atoms with Crippen LogP contribution in [-0.4, -0.2) is 12.5 Å². The van der Waals surface area contributed by atoms with E-state index in [1.54, 1.807) is 0 Å². The van der Waals surface area contributed by atoms with E-state index in [2.05, 4.69) is 5.32 Å². The minimum atomic E-state index is -0.0468. The lowest BCUT2D eigenvalue weighted by Gasteiger charge is -2.07. The first-order valence-electron chi connectivity index (χ1n) is 6.61. The molecule has 4 nitrogen and oxygen atoms in total. The van der Waals surface area contributed by atoms with Crippen molar-refractivity contribution in [3.05, 3.63) is 53.6 Å². The maximum atomic E-state index is 12.0. The van der Waals surface area contributed by atoms with E-state index in [0.717, 1.165) is 35.6 Å². The van der Waals surface area contributed by atoms with Gasteiger partial charge in [-0.1, -0.05) is 12.1 Å². The summed E-state index contributed by atoms with van der Waals surface area (Å²) in [6.45, 7) is 0.718. The van der Waals surface area contributed by atoms with E-state index in [0.29, 0.717) is 12.1 Å². The van der Waals surface area contributed by atoms with Gasteiger partial charge in [-0.25, -0.2) is 0 Å². The fourth-order valence-corrected chi connectivity index (χ4v) is 2.36. The van der Waals surface area contributed by atoms with Crippen LogP contribution in [0.15, 0.2) is 42.5 Å². The van der Waals surface area contributed by atoms with Crippen LogP contribution in [0, 0.1) is 0 Å². The third kappa shape index (κ3) is 2.74. The molecule has 2 aromatic rings. The first kappa shape index (κ1) is 12.5. The molecule has 20 heavy (non-hydrogen) atoms. The van der Waals surface area contributed by atoms with Gasteiger partial charge in [0.2, 0.25) is 5.91 Å². The molecule has 0 fully saturated rings. The van der Waals surface area contributed by atoms with Crippen molar-refractivity contribution in [3.63, 3.8) is 0 Å². The van der Waals surface area contributed by atoms with Gasteiger partial charge in [0.05, 0.1) is 13.0 Å². The number of benzene rings is 2. The maximum absolute atomic E-state index is 12.0. The van der Waals surface area contributed by atoms with Crippen LogP contribution in [0.2, 0.25) is 0 Å². The van der Waals surface area contributed by atoms with E-state index < -0.39 is 0 Å². The molecule has 1 aliphatic rings. The molecule has 1 amide bonds. The van der Waals surface area contributed by atoms with Crippen LogP contribution in [0.5, 0.6) is 5.75 Å². The number of nitrogens with one attached hydrogen (secondary N) is 1. The molecule has 3 N–H and O–H groups in total. The number of carbonyl (C=O) groups is 1. The molecule has 102 valence electrons. The molecule has 0 atom stereocenters. The van der Waals surface area contributed by atoms with Crippen molar-refractivity contribution in [1.29, 1.82) is 0 Å². The Balaban J connectivity index is 1.67. The largest absolute Gasteiger partial charge is 0.493 e. The number of nitrogens with two attached hydrogens (primary N) is 1. The fourth-order valence-electron chi connectivity index (χ4n) is 2.36. The van der Waals surface area contributed by atoms with Crippen LogP contribution in [0.25, 0.3) is 0 Å². The van der Waals surface area contributed by atoms with Crippen LogP contribution in [-0.2, 0) is 17.6 Å². The summed E-state index contributed by atoms with van der Waals surface area (Å²) in [6.07, 6.45) is 1.22. The number of hydrogen-bond acceptors (Lipinski definition) is 3. The third-order valence-corrected chi connectivity index (χ3v) is 3.29. The number of anilines is 2. The van der Waals surface area contributed by atoms with Gasteiger partial charge in [0.15, 0.2) is 0 Å². The van der Waals surface area contributed by atoms with Crippen LogP contribution in [0.3, 0.4) is 0 Å². The van der Waals surface area contributed by atoms with E-state index in [-0.39, 0.29) is 5.91 Å². The molecule has 0 bridgehead atoms. The summed E-state index contributed by atoms with van der Waals surface area (Å²) in [5, 5.41) is 2.90. The topological polar surface area (TPSA) is 64.4 Å².